The van der Waals surface area contributed by atoms with Crippen LogP contribution in [0.1, 0.15) is 30.5 Å². The Labute approximate surface area is 192 Å². The van der Waals surface area contributed by atoms with Crippen LogP contribution in [0.3, 0.4) is 0 Å². The van der Waals surface area contributed by atoms with Crippen molar-refractivity contribution in [3.8, 4) is 17.1 Å². The zero-order valence-electron chi connectivity index (χ0n) is 18.1. The molecule has 32 heavy (non-hydrogen) atoms. The second-order valence-corrected chi connectivity index (χ2v) is 8.39. The highest BCUT2D eigenvalue weighted by Crippen LogP contribution is 2.27. The molecule has 0 aliphatic carbocycles. The number of aromatic nitrogens is 4. The SMILES string of the molecule is CCC(NC(=O)CSc1nnc(-c2cccnc2)n1-c1ccccc1)c1ccc(C)cc1. The third kappa shape index (κ3) is 5.06. The van der Waals surface area contributed by atoms with Gasteiger partial charge >= 0.3 is 0 Å². The molecule has 4 rings (SSSR count). The minimum absolute atomic E-state index is 0.0124. The zero-order valence-corrected chi connectivity index (χ0v) is 18.9. The predicted molar refractivity (Wildman–Crippen MR) is 128 cm³/mol. The van der Waals surface area contributed by atoms with Crippen LogP contribution in [-0.4, -0.2) is 31.4 Å². The number of para-hydroxylation sites is 1. The smallest absolute Gasteiger partial charge is 0.230 e. The number of nitrogens with one attached hydrogen (secondary N) is 1. The average molecular weight is 444 g/mol. The van der Waals surface area contributed by atoms with Crippen LogP contribution in [-0.2, 0) is 4.79 Å². The van der Waals surface area contributed by atoms with E-state index in [1.54, 1.807) is 12.4 Å². The number of nitrogens with zero attached hydrogens (tertiary/aromatic N) is 4. The second-order valence-electron chi connectivity index (χ2n) is 7.45. The Hall–Kier alpha value is -3.45. The van der Waals surface area contributed by atoms with Crippen LogP contribution in [0, 0.1) is 6.92 Å². The quantitative estimate of drug-likeness (QED) is 0.388. The van der Waals surface area contributed by atoms with Crippen molar-refractivity contribution in [2.45, 2.75) is 31.5 Å². The third-order valence-corrected chi connectivity index (χ3v) is 6.05. The summed E-state index contributed by atoms with van der Waals surface area (Å²) < 4.78 is 1.96. The van der Waals surface area contributed by atoms with Crippen LogP contribution >= 0.6 is 11.8 Å². The van der Waals surface area contributed by atoms with E-state index in [2.05, 4.69) is 58.6 Å². The van der Waals surface area contributed by atoms with Crippen molar-refractivity contribution in [1.29, 1.82) is 0 Å². The van der Waals surface area contributed by atoms with Gasteiger partial charge in [0.15, 0.2) is 11.0 Å². The number of hydrogen-bond donors (Lipinski definition) is 1. The van der Waals surface area contributed by atoms with Crippen LogP contribution < -0.4 is 5.32 Å². The van der Waals surface area contributed by atoms with E-state index in [1.165, 1.54) is 17.3 Å². The van der Waals surface area contributed by atoms with Gasteiger partial charge in [0, 0.05) is 23.6 Å². The van der Waals surface area contributed by atoms with Crippen LogP contribution in [0.15, 0.2) is 84.3 Å². The maximum Gasteiger partial charge on any atom is 0.230 e. The number of thioether (sulfide) groups is 1. The molecule has 1 atom stereocenters. The lowest BCUT2D eigenvalue weighted by atomic mass is 10.0. The molecule has 1 N–H and O–H groups in total. The van der Waals surface area contributed by atoms with Gasteiger partial charge in [0.1, 0.15) is 0 Å². The molecule has 6 nitrogen and oxygen atoms in total. The third-order valence-electron chi connectivity index (χ3n) is 5.12. The molecule has 0 bridgehead atoms. The highest BCUT2D eigenvalue weighted by molar-refractivity contribution is 7.99. The van der Waals surface area contributed by atoms with Gasteiger partial charge in [-0.15, -0.1) is 10.2 Å². The summed E-state index contributed by atoms with van der Waals surface area (Å²) in [6, 6.07) is 22.0. The molecule has 0 aliphatic heterocycles. The van der Waals surface area contributed by atoms with E-state index in [0.717, 1.165) is 23.2 Å². The van der Waals surface area contributed by atoms with Crippen LogP contribution in [0.25, 0.3) is 17.1 Å². The molecule has 7 heteroatoms. The molecule has 0 spiro atoms. The van der Waals surface area contributed by atoms with E-state index in [4.69, 9.17) is 0 Å². The average Bonchev–Trinajstić information content (AvgIpc) is 3.27. The number of pyridine rings is 1. The Morgan fingerprint density at radius 3 is 2.50 bits per heavy atom. The highest BCUT2D eigenvalue weighted by Gasteiger charge is 2.18. The molecule has 1 amide bonds. The number of hydrogen-bond acceptors (Lipinski definition) is 5. The topological polar surface area (TPSA) is 72.7 Å². The first-order valence-electron chi connectivity index (χ1n) is 10.6. The summed E-state index contributed by atoms with van der Waals surface area (Å²) >= 11 is 1.37. The number of carbonyl (C=O) groups excluding carboxylic acids is 1. The minimum atomic E-state index is -0.0343. The van der Waals surface area contributed by atoms with Crippen molar-refractivity contribution in [3.63, 3.8) is 0 Å². The fourth-order valence-electron chi connectivity index (χ4n) is 3.44. The van der Waals surface area contributed by atoms with Gasteiger partial charge < -0.3 is 5.32 Å². The number of rotatable bonds is 8. The maximum absolute atomic E-state index is 12.8. The van der Waals surface area contributed by atoms with Gasteiger partial charge in [-0.3, -0.25) is 14.3 Å². The lowest BCUT2D eigenvalue weighted by Crippen LogP contribution is -2.29. The Bertz CT molecular complexity index is 1160. The summed E-state index contributed by atoms with van der Waals surface area (Å²) in [6.45, 7) is 4.13. The Balaban J connectivity index is 1.52. The second kappa shape index (κ2) is 10.2. The summed E-state index contributed by atoms with van der Waals surface area (Å²) in [5.41, 5.74) is 4.12. The van der Waals surface area contributed by atoms with Gasteiger partial charge in [-0.1, -0.05) is 66.7 Å². The van der Waals surface area contributed by atoms with Crippen molar-refractivity contribution < 1.29 is 4.79 Å². The van der Waals surface area contributed by atoms with Crippen molar-refractivity contribution >= 4 is 17.7 Å². The minimum Gasteiger partial charge on any atom is -0.349 e. The van der Waals surface area contributed by atoms with E-state index < -0.39 is 0 Å². The zero-order chi connectivity index (χ0) is 22.3. The number of amides is 1. The molecule has 0 aliphatic rings. The van der Waals surface area contributed by atoms with E-state index in [9.17, 15) is 4.79 Å². The monoisotopic (exact) mass is 443 g/mol. The largest absolute Gasteiger partial charge is 0.349 e. The lowest BCUT2D eigenvalue weighted by molar-refractivity contribution is -0.119. The molecular formula is C25H25N5OS. The first-order chi connectivity index (χ1) is 15.7. The molecule has 4 aromatic rings. The van der Waals surface area contributed by atoms with Crippen molar-refractivity contribution in [2.75, 3.05) is 5.75 Å². The molecule has 0 fully saturated rings. The molecule has 0 saturated carbocycles. The van der Waals surface area contributed by atoms with Crippen molar-refractivity contribution in [1.82, 2.24) is 25.1 Å². The first-order valence-corrected chi connectivity index (χ1v) is 11.5. The normalized spacial score (nSPS) is 11.8. The fraction of sp³-hybridized carbons (Fsp3) is 0.200. The molecule has 2 heterocycles. The molecule has 162 valence electrons. The van der Waals surface area contributed by atoms with Gasteiger partial charge in [-0.05, 0) is 43.2 Å². The molecule has 0 radical (unpaired) electrons. The van der Waals surface area contributed by atoms with Gasteiger partial charge in [0.25, 0.3) is 0 Å². The van der Waals surface area contributed by atoms with Crippen LogP contribution in [0.5, 0.6) is 0 Å². The van der Waals surface area contributed by atoms with Gasteiger partial charge in [0.2, 0.25) is 5.91 Å². The van der Waals surface area contributed by atoms with Crippen LogP contribution in [0.4, 0.5) is 0 Å². The van der Waals surface area contributed by atoms with E-state index >= 15 is 0 Å². The molecular weight excluding hydrogens is 418 g/mol. The standard InChI is InChI=1S/C25H25N5OS/c1-3-22(19-13-11-18(2)12-14-19)27-23(31)17-32-25-29-28-24(20-8-7-15-26-16-20)30(25)21-9-5-4-6-10-21/h4-16,22H,3,17H2,1-2H3,(H,27,31). The highest BCUT2D eigenvalue weighted by atomic mass is 32.2. The molecule has 2 aromatic heterocycles. The molecule has 2 aromatic carbocycles. The van der Waals surface area contributed by atoms with Gasteiger partial charge in [-0.2, -0.15) is 0 Å². The van der Waals surface area contributed by atoms with Crippen molar-refractivity contribution in [2.24, 2.45) is 0 Å². The summed E-state index contributed by atoms with van der Waals surface area (Å²) in [4.78, 5) is 17.0. The van der Waals surface area contributed by atoms with E-state index in [0.29, 0.717) is 11.0 Å². The van der Waals surface area contributed by atoms with Gasteiger partial charge in [-0.25, -0.2) is 0 Å². The maximum atomic E-state index is 12.8. The van der Waals surface area contributed by atoms with E-state index in [-0.39, 0.29) is 17.7 Å². The summed E-state index contributed by atoms with van der Waals surface area (Å²) in [6.07, 6.45) is 4.31. The molecule has 1 unspecified atom stereocenters. The summed E-state index contributed by atoms with van der Waals surface area (Å²) in [5.74, 6) is 0.909. The lowest BCUT2D eigenvalue weighted by Gasteiger charge is -2.17. The fourth-order valence-corrected chi connectivity index (χ4v) is 4.20. The summed E-state index contributed by atoms with van der Waals surface area (Å²) in [7, 11) is 0. The Morgan fingerprint density at radius 1 is 1.03 bits per heavy atom. The number of aryl methyl sites for hydroxylation is 1. The Kier molecular flexibility index (Phi) is 6.97. The Morgan fingerprint density at radius 2 is 1.81 bits per heavy atom. The van der Waals surface area contributed by atoms with Gasteiger partial charge in [0.05, 0.1) is 11.8 Å². The van der Waals surface area contributed by atoms with Crippen LogP contribution in [0.2, 0.25) is 0 Å². The number of benzene rings is 2. The summed E-state index contributed by atoms with van der Waals surface area (Å²) in [5, 5.41) is 12.6. The number of carbonyl (C=O) groups is 1. The molecule has 0 saturated heterocycles. The first kappa shape index (κ1) is 21.8. The van der Waals surface area contributed by atoms with E-state index in [1.807, 2.05) is 47.0 Å². The van der Waals surface area contributed by atoms with Crippen molar-refractivity contribution in [3.05, 3.63) is 90.3 Å². The predicted octanol–water partition coefficient (Wildman–Crippen LogP) is 5.00.